The van der Waals surface area contributed by atoms with Crippen molar-refractivity contribution < 1.29 is 14.3 Å². The highest BCUT2D eigenvalue weighted by molar-refractivity contribution is 7.99. The second kappa shape index (κ2) is 9.71. The number of aromatic nitrogens is 3. The fraction of sp³-hybridized carbons (Fsp3) is 0.200. The van der Waals surface area contributed by atoms with Crippen molar-refractivity contribution in [3.8, 4) is 0 Å². The number of hydrogen-bond donors (Lipinski definition) is 2. The maximum Gasteiger partial charge on any atom is 0.349 e. The van der Waals surface area contributed by atoms with Gasteiger partial charge in [-0.05, 0) is 29.7 Å². The molecule has 6 nitrogen and oxygen atoms in total. The monoisotopic (exact) mass is 431 g/mol. The molecule has 2 N–H and O–H groups in total. The molecule has 0 fully saturated rings. The molecule has 0 radical (unpaired) electrons. The number of hydrogen-bond acceptors (Lipinski definition) is 6. The number of benzene rings is 2. The second-order valence-corrected chi connectivity index (χ2v) is 8.12. The van der Waals surface area contributed by atoms with Gasteiger partial charge in [0.15, 0.2) is 10.3 Å². The predicted molar refractivity (Wildman–Crippen MR) is 111 cm³/mol. The Hall–Kier alpha value is -2.65. The largest absolute Gasteiger partial charge is 0.481 e. The van der Waals surface area contributed by atoms with Gasteiger partial charge in [0.1, 0.15) is 5.82 Å². The van der Waals surface area contributed by atoms with Gasteiger partial charge in [0, 0.05) is 11.5 Å². The van der Waals surface area contributed by atoms with Crippen molar-refractivity contribution in [2.75, 3.05) is 0 Å². The van der Waals surface area contributed by atoms with Crippen molar-refractivity contribution in [3.63, 3.8) is 0 Å². The third-order valence-electron chi connectivity index (χ3n) is 4.15. The van der Waals surface area contributed by atoms with Crippen LogP contribution in [-0.4, -0.2) is 26.0 Å². The van der Waals surface area contributed by atoms with E-state index in [4.69, 9.17) is 5.11 Å². The topological polar surface area (TPSA) is 95.9 Å². The highest BCUT2D eigenvalue weighted by Gasteiger charge is 2.13. The van der Waals surface area contributed by atoms with E-state index in [1.807, 2.05) is 12.1 Å². The maximum absolute atomic E-state index is 13.7. The number of aromatic amines is 1. The molecular formula is C20H18FN3O3S2. The quantitative estimate of drug-likeness (QED) is 0.519. The Balaban J connectivity index is 1.63. The van der Waals surface area contributed by atoms with Crippen molar-refractivity contribution >= 4 is 29.5 Å². The Labute approximate surface area is 175 Å². The third-order valence-corrected chi connectivity index (χ3v) is 5.99. The molecule has 150 valence electrons. The number of thioether (sulfide) groups is 2. The van der Waals surface area contributed by atoms with Crippen LogP contribution in [0.1, 0.15) is 29.5 Å². The van der Waals surface area contributed by atoms with Gasteiger partial charge in [0.25, 0.3) is 0 Å². The van der Waals surface area contributed by atoms with E-state index in [0.717, 1.165) is 11.1 Å². The lowest BCUT2D eigenvalue weighted by atomic mass is 10.0. The van der Waals surface area contributed by atoms with Crippen molar-refractivity contribution in [3.05, 3.63) is 81.5 Å². The number of rotatable bonds is 8. The highest BCUT2D eigenvalue weighted by Crippen LogP contribution is 2.24. The van der Waals surface area contributed by atoms with E-state index in [9.17, 15) is 14.0 Å². The maximum atomic E-state index is 13.7. The van der Waals surface area contributed by atoms with Crippen LogP contribution in [0, 0.1) is 5.82 Å². The van der Waals surface area contributed by atoms with Crippen molar-refractivity contribution in [2.24, 2.45) is 0 Å². The molecule has 0 bridgehead atoms. The van der Waals surface area contributed by atoms with Gasteiger partial charge >= 0.3 is 11.7 Å². The van der Waals surface area contributed by atoms with Gasteiger partial charge in [0.2, 0.25) is 0 Å². The Bertz CT molecular complexity index is 1060. The molecule has 0 amide bonds. The molecule has 1 unspecified atom stereocenters. The Kier molecular flexibility index (Phi) is 7.05. The lowest BCUT2D eigenvalue weighted by molar-refractivity contribution is -0.138. The molecule has 3 rings (SSSR count). The van der Waals surface area contributed by atoms with E-state index in [1.165, 1.54) is 29.6 Å². The van der Waals surface area contributed by atoms with Crippen LogP contribution in [0.25, 0.3) is 0 Å². The number of nitrogens with zero attached hydrogens (tertiary/aromatic N) is 2. The zero-order valence-corrected chi connectivity index (χ0v) is 17.1. The minimum absolute atomic E-state index is 0.299. The zero-order valence-electron chi connectivity index (χ0n) is 15.5. The van der Waals surface area contributed by atoms with Gasteiger partial charge in [-0.1, -0.05) is 66.0 Å². The standard InChI is InChI=1S/C20H18FN3O3S2/c1-12(17(25)26)14-8-6-13(7-9-14)10-28-19-22-18(27)23-20(24-19)29-11-15-4-2-3-5-16(15)21/h2-9,12H,10-11H2,1H3,(H,25,26)(H,22,23,24,27). The van der Waals surface area contributed by atoms with Crippen LogP contribution >= 0.6 is 23.5 Å². The van der Waals surface area contributed by atoms with Crippen LogP contribution < -0.4 is 5.69 Å². The van der Waals surface area contributed by atoms with Crippen LogP contribution in [0.2, 0.25) is 0 Å². The minimum atomic E-state index is -0.871. The summed E-state index contributed by atoms with van der Waals surface area (Å²) < 4.78 is 13.7. The van der Waals surface area contributed by atoms with Gasteiger partial charge in [-0.15, -0.1) is 0 Å². The van der Waals surface area contributed by atoms with Crippen LogP contribution in [0.3, 0.4) is 0 Å². The first-order chi connectivity index (χ1) is 13.9. The van der Waals surface area contributed by atoms with E-state index in [2.05, 4.69) is 15.0 Å². The molecule has 0 aliphatic rings. The van der Waals surface area contributed by atoms with Gasteiger partial charge < -0.3 is 5.11 Å². The fourth-order valence-electron chi connectivity index (χ4n) is 2.43. The van der Waals surface area contributed by atoms with E-state index in [-0.39, 0.29) is 5.82 Å². The number of aliphatic carboxylic acids is 1. The van der Waals surface area contributed by atoms with E-state index in [0.29, 0.717) is 27.4 Å². The van der Waals surface area contributed by atoms with Crippen LogP contribution in [0.15, 0.2) is 63.6 Å². The summed E-state index contributed by atoms with van der Waals surface area (Å²) in [6.07, 6.45) is 0. The summed E-state index contributed by atoms with van der Waals surface area (Å²) in [6, 6.07) is 13.7. The first-order valence-electron chi connectivity index (χ1n) is 8.71. The molecule has 1 aromatic heterocycles. The Morgan fingerprint density at radius 2 is 1.83 bits per heavy atom. The molecule has 2 aromatic carbocycles. The number of H-pyrrole nitrogens is 1. The summed E-state index contributed by atoms with van der Waals surface area (Å²) in [6.45, 7) is 1.64. The van der Waals surface area contributed by atoms with E-state index < -0.39 is 17.6 Å². The molecule has 1 atom stereocenters. The van der Waals surface area contributed by atoms with Crippen LogP contribution in [0.5, 0.6) is 0 Å². The fourth-order valence-corrected chi connectivity index (χ4v) is 4.12. The number of carbonyl (C=O) groups is 1. The highest BCUT2D eigenvalue weighted by atomic mass is 32.2. The van der Waals surface area contributed by atoms with E-state index in [1.54, 1.807) is 37.3 Å². The molecule has 0 spiro atoms. The van der Waals surface area contributed by atoms with Crippen molar-refractivity contribution in [2.45, 2.75) is 34.7 Å². The molecule has 0 aliphatic heterocycles. The van der Waals surface area contributed by atoms with Gasteiger partial charge in [-0.3, -0.25) is 9.78 Å². The lowest BCUT2D eigenvalue weighted by Gasteiger charge is -2.08. The molecule has 0 aliphatic carbocycles. The normalized spacial score (nSPS) is 11.9. The summed E-state index contributed by atoms with van der Waals surface area (Å²) in [5.74, 6) is -0.867. The third kappa shape index (κ3) is 5.91. The van der Waals surface area contributed by atoms with Crippen LogP contribution in [-0.2, 0) is 16.3 Å². The number of halogens is 1. The van der Waals surface area contributed by atoms with Gasteiger partial charge in [-0.2, -0.15) is 9.97 Å². The molecule has 29 heavy (non-hydrogen) atoms. The number of carboxylic acid groups (broad SMARTS) is 1. The Morgan fingerprint density at radius 3 is 2.52 bits per heavy atom. The van der Waals surface area contributed by atoms with Crippen LogP contribution in [0.4, 0.5) is 4.39 Å². The lowest BCUT2D eigenvalue weighted by Crippen LogP contribution is -2.14. The van der Waals surface area contributed by atoms with Crippen molar-refractivity contribution in [1.82, 2.24) is 15.0 Å². The molecule has 0 saturated carbocycles. The number of nitrogens with one attached hydrogen (secondary N) is 1. The minimum Gasteiger partial charge on any atom is -0.481 e. The van der Waals surface area contributed by atoms with Crippen molar-refractivity contribution in [1.29, 1.82) is 0 Å². The smallest absolute Gasteiger partial charge is 0.349 e. The zero-order chi connectivity index (χ0) is 20.8. The first kappa shape index (κ1) is 21.1. The van der Waals surface area contributed by atoms with Gasteiger partial charge in [0.05, 0.1) is 5.92 Å². The summed E-state index contributed by atoms with van der Waals surface area (Å²) in [7, 11) is 0. The predicted octanol–water partition coefficient (Wildman–Crippen LogP) is 4.08. The Morgan fingerprint density at radius 1 is 1.10 bits per heavy atom. The molecule has 3 aromatic rings. The summed E-state index contributed by atoms with van der Waals surface area (Å²) in [5.41, 5.74) is 1.71. The summed E-state index contributed by atoms with van der Waals surface area (Å²) >= 11 is 2.53. The summed E-state index contributed by atoms with van der Waals surface area (Å²) in [4.78, 5) is 33.6. The average Bonchev–Trinajstić information content (AvgIpc) is 2.71. The number of carboxylic acids is 1. The first-order valence-corrected chi connectivity index (χ1v) is 10.7. The SMILES string of the molecule is CC(C(=O)O)c1ccc(CSc2nc(SCc3ccccc3F)[nH]c(=O)n2)cc1. The summed E-state index contributed by atoms with van der Waals surface area (Å²) in [5, 5.41) is 9.77. The molecule has 9 heteroatoms. The van der Waals surface area contributed by atoms with Gasteiger partial charge in [-0.25, -0.2) is 9.18 Å². The average molecular weight is 432 g/mol. The van der Waals surface area contributed by atoms with E-state index >= 15 is 0 Å². The molecular weight excluding hydrogens is 413 g/mol. The molecule has 0 saturated heterocycles. The second-order valence-electron chi connectivity index (χ2n) is 6.21. The molecule has 1 heterocycles.